The number of amides is 1. The van der Waals surface area contributed by atoms with E-state index >= 15 is 0 Å². The van der Waals surface area contributed by atoms with Crippen LogP contribution in [0, 0.1) is 6.92 Å². The molecule has 1 saturated heterocycles. The predicted octanol–water partition coefficient (Wildman–Crippen LogP) is 2.30. The van der Waals surface area contributed by atoms with Gasteiger partial charge in [-0.1, -0.05) is 15.9 Å². The molecule has 6 heteroatoms. The van der Waals surface area contributed by atoms with Gasteiger partial charge in [0.25, 0.3) is 5.91 Å². The van der Waals surface area contributed by atoms with Gasteiger partial charge in [-0.15, -0.1) is 0 Å². The van der Waals surface area contributed by atoms with Gasteiger partial charge in [0.05, 0.1) is 0 Å². The molecule has 0 atom stereocenters. The highest BCUT2D eigenvalue weighted by atomic mass is 79.9. The smallest absolute Gasteiger partial charge is 0.349 e. The van der Waals surface area contributed by atoms with Crippen LogP contribution in [0.1, 0.15) is 22.3 Å². The van der Waals surface area contributed by atoms with Crippen LogP contribution in [-0.4, -0.2) is 37.0 Å². The lowest BCUT2D eigenvalue weighted by Crippen LogP contribution is -2.37. The largest absolute Gasteiger partial charge is 0.422 e. The zero-order chi connectivity index (χ0) is 15.7. The first kappa shape index (κ1) is 15.2. The van der Waals surface area contributed by atoms with Crippen LogP contribution in [0.5, 0.6) is 0 Å². The zero-order valence-corrected chi connectivity index (χ0v) is 13.9. The van der Waals surface area contributed by atoms with Crippen LogP contribution in [0.15, 0.2) is 31.9 Å². The predicted molar refractivity (Wildman–Crippen MR) is 88.3 cm³/mol. The van der Waals surface area contributed by atoms with Crippen LogP contribution >= 0.6 is 15.9 Å². The molecule has 22 heavy (non-hydrogen) atoms. The van der Waals surface area contributed by atoms with Crippen LogP contribution in [0.3, 0.4) is 0 Å². The lowest BCUT2D eigenvalue weighted by molar-refractivity contribution is 0.0761. The van der Waals surface area contributed by atoms with Gasteiger partial charge in [0.2, 0.25) is 0 Å². The van der Waals surface area contributed by atoms with Gasteiger partial charge >= 0.3 is 5.63 Å². The summed E-state index contributed by atoms with van der Waals surface area (Å²) >= 11 is 3.41. The second kappa shape index (κ2) is 6.22. The third-order valence-corrected chi connectivity index (χ3v) is 4.46. The van der Waals surface area contributed by atoms with E-state index < -0.39 is 5.63 Å². The van der Waals surface area contributed by atoms with Gasteiger partial charge in [-0.05, 0) is 43.7 Å². The fourth-order valence-corrected chi connectivity index (χ4v) is 3.14. The topological polar surface area (TPSA) is 62.6 Å². The molecule has 0 radical (unpaired) electrons. The first-order chi connectivity index (χ1) is 10.6. The van der Waals surface area contributed by atoms with Gasteiger partial charge in [0.1, 0.15) is 11.1 Å². The van der Waals surface area contributed by atoms with Gasteiger partial charge in [-0.25, -0.2) is 4.79 Å². The Hall–Kier alpha value is -1.66. The molecule has 116 valence electrons. The fraction of sp³-hybridized carbons (Fsp3) is 0.375. The normalized spacial score (nSPS) is 15.8. The number of nitrogens with zero attached hydrogens (tertiary/aromatic N) is 1. The average Bonchev–Trinajstić information content (AvgIpc) is 2.77. The van der Waals surface area contributed by atoms with E-state index in [4.69, 9.17) is 4.42 Å². The average molecular weight is 365 g/mol. The maximum atomic E-state index is 12.7. The third kappa shape index (κ3) is 2.80. The highest BCUT2D eigenvalue weighted by molar-refractivity contribution is 9.10. The van der Waals surface area contributed by atoms with Crippen molar-refractivity contribution < 1.29 is 9.21 Å². The molecule has 2 aromatic rings. The summed E-state index contributed by atoms with van der Waals surface area (Å²) < 4.78 is 6.22. The number of hydrogen-bond acceptors (Lipinski definition) is 4. The lowest BCUT2D eigenvalue weighted by atomic mass is 10.0. The molecule has 1 amide bonds. The van der Waals surface area contributed by atoms with Crippen LogP contribution in [-0.2, 0) is 0 Å². The number of carbonyl (C=O) groups is 1. The van der Waals surface area contributed by atoms with Crippen molar-refractivity contribution in [2.24, 2.45) is 0 Å². The summed E-state index contributed by atoms with van der Waals surface area (Å²) in [6.45, 7) is 4.70. The molecule has 5 nitrogen and oxygen atoms in total. The Kier molecular flexibility index (Phi) is 4.31. The number of fused-ring (bicyclic) bond motifs is 1. The first-order valence-corrected chi connectivity index (χ1v) is 8.10. The van der Waals surface area contributed by atoms with Crippen LogP contribution in [0.25, 0.3) is 11.0 Å². The number of aryl methyl sites for hydroxylation is 1. The summed E-state index contributed by atoms with van der Waals surface area (Å²) in [5, 5.41) is 4.03. The molecule has 1 aromatic heterocycles. The molecule has 0 saturated carbocycles. The van der Waals surface area contributed by atoms with Crippen molar-refractivity contribution >= 4 is 32.8 Å². The van der Waals surface area contributed by atoms with E-state index in [1.165, 1.54) is 0 Å². The number of rotatable bonds is 1. The van der Waals surface area contributed by atoms with E-state index in [0.717, 1.165) is 29.4 Å². The summed E-state index contributed by atoms with van der Waals surface area (Å²) in [5.74, 6) is -0.239. The number of halogens is 1. The summed E-state index contributed by atoms with van der Waals surface area (Å²) in [7, 11) is 0. The quantitative estimate of drug-likeness (QED) is 0.788. The zero-order valence-electron chi connectivity index (χ0n) is 12.3. The van der Waals surface area contributed by atoms with Crippen molar-refractivity contribution in [3.05, 3.63) is 44.2 Å². The van der Waals surface area contributed by atoms with Gasteiger partial charge in [-0.2, -0.15) is 0 Å². The van der Waals surface area contributed by atoms with Crippen molar-refractivity contribution in [1.29, 1.82) is 0 Å². The van der Waals surface area contributed by atoms with Crippen LogP contribution in [0.4, 0.5) is 0 Å². The summed E-state index contributed by atoms with van der Waals surface area (Å²) in [6, 6.07) is 5.42. The standard InChI is InChI=1S/C16H17BrN2O3/c1-10-12-9-11(17)3-4-13(12)22-16(21)14(10)15(20)19-7-2-5-18-6-8-19/h3-4,9,18H,2,5-8H2,1H3. The Morgan fingerprint density at radius 2 is 2.14 bits per heavy atom. The van der Waals surface area contributed by atoms with E-state index in [9.17, 15) is 9.59 Å². The maximum Gasteiger partial charge on any atom is 0.349 e. The van der Waals surface area contributed by atoms with Gasteiger partial charge in [-0.3, -0.25) is 4.79 Å². The van der Waals surface area contributed by atoms with Crippen molar-refractivity contribution in [3.8, 4) is 0 Å². The molecule has 2 heterocycles. The number of hydrogen-bond donors (Lipinski definition) is 1. The molecular weight excluding hydrogens is 348 g/mol. The minimum absolute atomic E-state index is 0.146. The molecule has 0 bridgehead atoms. The maximum absolute atomic E-state index is 12.7. The molecule has 0 aliphatic carbocycles. The highest BCUT2D eigenvalue weighted by Gasteiger charge is 2.24. The lowest BCUT2D eigenvalue weighted by Gasteiger charge is -2.20. The molecule has 1 aliphatic rings. The number of carbonyl (C=O) groups excluding carboxylic acids is 1. The van der Waals surface area contributed by atoms with Crippen molar-refractivity contribution in [2.75, 3.05) is 26.2 Å². The van der Waals surface area contributed by atoms with E-state index in [1.807, 2.05) is 12.1 Å². The van der Waals surface area contributed by atoms with Crippen LogP contribution in [0.2, 0.25) is 0 Å². The SMILES string of the molecule is Cc1c(C(=O)N2CCCNCC2)c(=O)oc2ccc(Br)cc12. The number of nitrogens with one attached hydrogen (secondary N) is 1. The summed E-state index contributed by atoms with van der Waals surface area (Å²) in [6.07, 6.45) is 0.884. The molecule has 1 aromatic carbocycles. The Balaban J connectivity index is 2.09. The summed E-state index contributed by atoms with van der Waals surface area (Å²) in [4.78, 5) is 26.7. The van der Waals surface area contributed by atoms with E-state index in [1.54, 1.807) is 17.9 Å². The van der Waals surface area contributed by atoms with Crippen LogP contribution < -0.4 is 10.9 Å². The molecule has 1 N–H and O–H groups in total. The monoisotopic (exact) mass is 364 g/mol. The second-order valence-corrected chi connectivity index (χ2v) is 6.34. The minimum Gasteiger partial charge on any atom is -0.422 e. The molecule has 1 aliphatic heterocycles. The second-order valence-electron chi connectivity index (χ2n) is 5.43. The van der Waals surface area contributed by atoms with E-state index in [-0.39, 0.29) is 11.5 Å². The summed E-state index contributed by atoms with van der Waals surface area (Å²) in [5.41, 5.74) is 0.761. The first-order valence-electron chi connectivity index (χ1n) is 7.31. The fourth-order valence-electron chi connectivity index (χ4n) is 2.78. The van der Waals surface area contributed by atoms with Gasteiger partial charge in [0, 0.05) is 29.5 Å². The van der Waals surface area contributed by atoms with E-state index in [0.29, 0.717) is 24.2 Å². The van der Waals surface area contributed by atoms with E-state index in [2.05, 4.69) is 21.2 Å². The molecule has 0 unspecified atom stereocenters. The van der Waals surface area contributed by atoms with Crippen molar-refractivity contribution in [1.82, 2.24) is 10.2 Å². The third-order valence-electron chi connectivity index (χ3n) is 3.97. The molecule has 0 spiro atoms. The Bertz CT molecular complexity index is 777. The minimum atomic E-state index is -0.561. The van der Waals surface area contributed by atoms with Gasteiger partial charge in [0.15, 0.2) is 0 Å². The Morgan fingerprint density at radius 1 is 1.32 bits per heavy atom. The van der Waals surface area contributed by atoms with Crippen molar-refractivity contribution in [2.45, 2.75) is 13.3 Å². The Labute approximate surface area is 136 Å². The van der Waals surface area contributed by atoms with Crippen molar-refractivity contribution in [3.63, 3.8) is 0 Å². The highest BCUT2D eigenvalue weighted by Crippen LogP contribution is 2.24. The molecule has 1 fully saturated rings. The number of benzene rings is 1. The Morgan fingerprint density at radius 3 is 2.95 bits per heavy atom. The van der Waals surface area contributed by atoms with Gasteiger partial charge < -0.3 is 14.6 Å². The molecule has 3 rings (SSSR count). The molecular formula is C16H17BrN2O3.